The number of aryl methyl sites for hydroxylation is 1. The standard InChI is InChI=1S/C19H8F7N7O3S/c1-33-15(18(35)36-32-33)8-5(2-27)16(29)31-17(6(8)3-28)37-4-7(34)30-14-12(22)10(20)9(19(24,25)26)11(21)13(14)23/h4H2,1H3,(H3-,29,30,31,32,34,35). The van der Waals surface area contributed by atoms with Gasteiger partial charge in [0.2, 0.25) is 5.91 Å². The Kier molecular flexibility index (Phi) is 7.17. The van der Waals surface area contributed by atoms with Crippen molar-refractivity contribution in [2.45, 2.75) is 11.2 Å². The predicted octanol–water partition coefficient (Wildman–Crippen LogP) is 2.27. The SMILES string of the molecule is C[n+]1noc([O-])c1-c1c(C#N)c(N)nc(SCC(=O)Nc2c(F)c(F)c(C(F)(F)F)c(F)c2F)c1C#N. The van der Waals surface area contributed by atoms with Gasteiger partial charge in [0.25, 0.3) is 5.69 Å². The van der Waals surface area contributed by atoms with E-state index in [9.17, 15) is 51.2 Å². The van der Waals surface area contributed by atoms with Gasteiger partial charge in [-0.15, -0.1) is 0 Å². The second-order valence-corrected chi connectivity index (χ2v) is 7.79. The van der Waals surface area contributed by atoms with Crippen LogP contribution in [0.2, 0.25) is 0 Å². The smallest absolute Gasteiger partial charge is 0.422 e. The molecule has 0 fully saturated rings. The minimum absolute atomic E-state index is 0.349. The third-order valence-corrected chi connectivity index (χ3v) is 5.54. The lowest BCUT2D eigenvalue weighted by Gasteiger charge is -2.15. The van der Waals surface area contributed by atoms with E-state index in [-0.39, 0.29) is 16.3 Å². The number of nitrogens with zero attached hydrogens (tertiary/aromatic N) is 5. The van der Waals surface area contributed by atoms with Crippen LogP contribution in [0.3, 0.4) is 0 Å². The normalized spacial score (nSPS) is 11.2. The molecular formula is C19H8F7N7O3S. The third-order valence-electron chi connectivity index (χ3n) is 4.57. The second-order valence-electron chi connectivity index (χ2n) is 6.82. The minimum atomic E-state index is -5.77. The highest BCUT2D eigenvalue weighted by Crippen LogP contribution is 2.39. The van der Waals surface area contributed by atoms with Crippen molar-refractivity contribution < 1.29 is 49.8 Å². The molecule has 2 aromatic heterocycles. The average Bonchev–Trinajstić information content (AvgIpc) is 3.15. The average molecular weight is 547 g/mol. The number of thioether (sulfide) groups is 1. The molecule has 18 heteroatoms. The number of alkyl halides is 3. The summed E-state index contributed by atoms with van der Waals surface area (Å²) in [7, 11) is 1.24. The van der Waals surface area contributed by atoms with Crippen molar-refractivity contribution in [1.82, 2.24) is 10.3 Å². The number of pyridine rings is 1. The number of nitrogens with two attached hydrogens (primary N) is 1. The number of anilines is 2. The van der Waals surface area contributed by atoms with Crippen molar-refractivity contribution in [3.05, 3.63) is 40.0 Å². The van der Waals surface area contributed by atoms with Gasteiger partial charge in [0, 0.05) is 0 Å². The first-order valence-corrected chi connectivity index (χ1v) is 10.3. The molecule has 0 atom stereocenters. The Morgan fingerprint density at radius 3 is 2.16 bits per heavy atom. The van der Waals surface area contributed by atoms with Crippen LogP contribution >= 0.6 is 11.8 Å². The van der Waals surface area contributed by atoms with E-state index in [1.165, 1.54) is 12.4 Å². The molecule has 0 aliphatic heterocycles. The molecule has 0 radical (unpaired) electrons. The summed E-state index contributed by atoms with van der Waals surface area (Å²) in [5, 5.41) is 35.5. The Balaban J connectivity index is 1.97. The molecule has 0 unspecified atom stereocenters. The van der Waals surface area contributed by atoms with Crippen molar-refractivity contribution >= 4 is 29.2 Å². The zero-order chi connectivity index (χ0) is 27.8. The highest BCUT2D eigenvalue weighted by atomic mass is 32.2. The minimum Gasteiger partial charge on any atom is -0.539 e. The fourth-order valence-electron chi connectivity index (χ4n) is 3.02. The van der Waals surface area contributed by atoms with Crippen LogP contribution < -0.4 is 20.8 Å². The van der Waals surface area contributed by atoms with Crippen molar-refractivity contribution in [2.75, 3.05) is 16.8 Å². The van der Waals surface area contributed by atoms with Crippen LogP contribution in [-0.2, 0) is 18.0 Å². The molecule has 37 heavy (non-hydrogen) atoms. The van der Waals surface area contributed by atoms with Crippen molar-refractivity contribution in [3.8, 4) is 29.3 Å². The lowest BCUT2D eigenvalue weighted by atomic mass is 10.0. The van der Waals surface area contributed by atoms with E-state index in [0.29, 0.717) is 11.8 Å². The monoisotopic (exact) mass is 547 g/mol. The molecule has 2 heterocycles. The zero-order valence-electron chi connectivity index (χ0n) is 17.8. The van der Waals surface area contributed by atoms with E-state index in [0.717, 1.165) is 4.68 Å². The number of halogens is 7. The van der Waals surface area contributed by atoms with Crippen LogP contribution in [0.25, 0.3) is 11.3 Å². The molecule has 0 spiro atoms. The van der Waals surface area contributed by atoms with Gasteiger partial charge < -0.3 is 20.7 Å². The Hall–Kier alpha value is -4.58. The molecule has 0 aliphatic rings. The largest absolute Gasteiger partial charge is 0.539 e. The van der Waals surface area contributed by atoms with Gasteiger partial charge in [-0.2, -0.15) is 23.7 Å². The maximum atomic E-state index is 14.0. The molecule has 0 saturated heterocycles. The maximum absolute atomic E-state index is 14.0. The van der Waals surface area contributed by atoms with Gasteiger partial charge in [-0.25, -0.2) is 22.5 Å². The van der Waals surface area contributed by atoms with E-state index in [1.807, 2.05) is 0 Å². The molecule has 0 bridgehead atoms. The quantitative estimate of drug-likeness (QED) is 0.211. The van der Waals surface area contributed by atoms with E-state index in [1.54, 1.807) is 12.1 Å². The summed E-state index contributed by atoms with van der Waals surface area (Å²) < 4.78 is 99.1. The number of amides is 1. The molecule has 3 rings (SSSR count). The van der Waals surface area contributed by atoms with Gasteiger partial charge in [0.15, 0.2) is 36.3 Å². The van der Waals surface area contributed by atoms with Crippen LogP contribution in [0.4, 0.5) is 42.2 Å². The number of hydrogen-bond acceptors (Lipinski definition) is 9. The molecule has 3 N–H and O–H groups in total. The first-order chi connectivity index (χ1) is 17.2. The first kappa shape index (κ1) is 27.0. The number of carbonyl (C=O) groups is 1. The van der Waals surface area contributed by atoms with Gasteiger partial charge in [-0.3, -0.25) is 4.79 Å². The van der Waals surface area contributed by atoms with E-state index in [2.05, 4.69) is 14.8 Å². The van der Waals surface area contributed by atoms with Gasteiger partial charge in [-0.1, -0.05) is 16.4 Å². The van der Waals surface area contributed by atoms with Crippen molar-refractivity contribution in [3.63, 3.8) is 0 Å². The summed E-state index contributed by atoms with van der Waals surface area (Å²) in [4.78, 5) is 16.0. The van der Waals surface area contributed by atoms with Crippen molar-refractivity contribution in [2.24, 2.45) is 7.05 Å². The number of carbonyl (C=O) groups excluding carboxylic acids is 1. The van der Waals surface area contributed by atoms with Crippen LogP contribution in [0.1, 0.15) is 16.7 Å². The van der Waals surface area contributed by atoms with Gasteiger partial charge >= 0.3 is 6.18 Å². The Labute approximate surface area is 204 Å². The summed E-state index contributed by atoms with van der Waals surface area (Å²) >= 11 is 0.373. The van der Waals surface area contributed by atoms with Gasteiger partial charge in [0.1, 0.15) is 39.8 Å². The fourth-order valence-corrected chi connectivity index (χ4v) is 3.81. The zero-order valence-corrected chi connectivity index (χ0v) is 18.6. The Morgan fingerprint density at radius 1 is 1.14 bits per heavy atom. The number of nitriles is 2. The van der Waals surface area contributed by atoms with Gasteiger partial charge in [0.05, 0.1) is 22.2 Å². The van der Waals surface area contributed by atoms with Crippen LogP contribution in [0.5, 0.6) is 5.95 Å². The second kappa shape index (κ2) is 9.82. The maximum Gasteiger partial charge on any atom is 0.422 e. The molecule has 3 aromatic rings. The molecule has 10 nitrogen and oxygen atoms in total. The first-order valence-electron chi connectivity index (χ1n) is 9.27. The molecule has 1 amide bonds. The number of nitrogen functional groups attached to an aromatic ring is 1. The van der Waals surface area contributed by atoms with Gasteiger partial charge in [-0.05, 0) is 0 Å². The third kappa shape index (κ3) is 4.78. The molecular weight excluding hydrogens is 539 g/mol. The summed E-state index contributed by atoms with van der Waals surface area (Å²) in [6, 6.07) is 3.33. The summed E-state index contributed by atoms with van der Waals surface area (Å²) in [6.07, 6.45) is -5.77. The van der Waals surface area contributed by atoms with Crippen LogP contribution in [0, 0.1) is 45.9 Å². The molecule has 0 aliphatic carbocycles. The number of nitrogens with one attached hydrogen (secondary N) is 1. The Morgan fingerprint density at radius 2 is 1.70 bits per heavy atom. The van der Waals surface area contributed by atoms with E-state index < -0.39 is 75.2 Å². The van der Waals surface area contributed by atoms with E-state index in [4.69, 9.17) is 5.73 Å². The molecule has 192 valence electrons. The Bertz CT molecular complexity index is 1480. The number of rotatable bonds is 5. The summed E-state index contributed by atoms with van der Waals surface area (Å²) in [5.74, 6) is -14.4. The topological polar surface area (TPSA) is 169 Å². The number of hydrogen-bond donors (Lipinski definition) is 2. The summed E-state index contributed by atoms with van der Waals surface area (Å²) in [6.45, 7) is 0. The number of benzene rings is 1. The van der Waals surface area contributed by atoms with Crippen LogP contribution in [0.15, 0.2) is 9.55 Å². The fraction of sp³-hybridized carbons (Fsp3) is 0.158. The molecule has 0 saturated carbocycles. The van der Waals surface area contributed by atoms with Crippen molar-refractivity contribution in [1.29, 1.82) is 10.5 Å². The molecule has 1 aromatic carbocycles. The lowest BCUT2D eigenvalue weighted by molar-refractivity contribution is -0.730. The number of aromatic nitrogens is 3. The lowest BCUT2D eigenvalue weighted by Crippen LogP contribution is -2.32. The summed E-state index contributed by atoms with van der Waals surface area (Å²) in [5.41, 5.74) is -0.526. The predicted molar refractivity (Wildman–Crippen MR) is 105 cm³/mol. The highest BCUT2D eigenvalue weighted by molar-refractivity contribution is 8.00. The van der Waals surface area contributed by atoms with Crippen LogP contribution in [-0.4, -0.2) is 21.9 Å². The van der Waals surface area contributed by atoms with E-state index >= 15 is 0 Å². The highest BCUT2D eigenvalue weighted by Gasteiger charge is 2.42.